The highest BCUT2D eigenvalue weighted by Crippen LogP contribution is 2.71. The molecule has 9 heteroatoms. The van der Waals surface area contributed by atoms with Gasteiger partial charge in [-0.1, -0.05) is 47.0 Å². The molecule has 2 heterocycles. The molecule has 5 N–H and O–H groups in total. The van der Waals surface area contributed by atoms with E-state index in [9.17, 15) is 35.1 Å². The first kappa shape index (κ1) is 37.6. The second-order valence-electron chi connectivity index (χ2n) is 19.6. The zero-order valence-corrected chi connectivity index (χ0v) is 32.5. The van der Waals surface area contributed by atoms with Crippen molar-refractivity contribution in [1.82, 2.24) is 0 Å². The molecule has 12 atom stereocenters. The van der Waals surface area contributed by atoms with Gasteiger partial charge >= 0.3 is 0 Å². The maximum Gasteiger partial charge on any atom is 0.233 e. The number of ether oxygens (including phenoxy) is 1. The number of hydrogen-bond acceptors (Lipinski definition) is 8. The molecular weight excluding hydrogens is 670 g/mol. The number of ketones is 1. The Kier molecular flexibility index (Phi) is 9.13. The summed E-state index contributed by atoms with van der Waals surface area (Å²) in [7, 11) is 0. The molecule has 9 nitrogen and oxygen atoms in total. The van der Waals surface area contributed by atoms with E-state index in [1.54, 1.807) is 18.2 Å². The number of rotatable bonds is 8. The normalized spacial score (nSPS) is 42.2. The smallest absolute Gasteiger partial charge is 0.233 e. The number of allylic oxidation sites excluding steroid dienone is 1. The Morgan fingerprint density at radius 3 is 2.42 bits per heavy atom. The van der Waals surface area contributed by atoms with E-state index >= 15 is 0 Å². The molecule has 7 aliphatic rings. The monoisotopic (exact) mass is 733 g/mol. The van der Waals surface area contributed by atoms with Crippen LogP contribution in [0.1, 0.15) is 124 Å². The van der Waals surface area contributed by atoms with Crippen molar-refractivity contribution in [2.24, 2.45) is 45.8 Å². The van der Waals surface area contributed by atoms with Crippen LogP contribution in [-0.2, 0) is 20.7 Å². The van der Waals surface area contributed by atoms with Gasteiger partial charge in [0.15, 0.2) is 5.78 Å². The number of carbonyl (C=O) groups is 2. The first-order chi connectivity index (χ1) is 25.0. The van der Waals surface area contributed by atoms with E-state index in [-0.39, 0.29) is 59.2 Å². The lowest BCUT2D eigenvalue weighted by atomic mass is 9.44. The van der Waals surface area contributed by atoms with Crippen LogP contribution >= 0.6 is 0 Å². The standard InChI is InChI=1S/C44H63NO8/c1-25(2)26(3)37-38(53-37)41(5,51)36-11-16-44(52)31-22-33(47)32-23-34(48)35(49)24-40(32,4)30(31)10-15-43(36,44)14-9-27-19-28(21-29(46)20-27)45-18-17-42(39(45)50)12-7-6-8-13-42/h19-22,25-26,30,32,34-38,46,48-49,51-52H,6-18,23-24H2,1-5H3/t26-,30+,32+,34-,35+,36-,37+,38-,40-,41-,43-,44-/m1/s1. The van der Waals surface area contributed by atoms with Crippen molar-refractivity contribution in [2.75, 3.05) is 11.4 Å². The van der Waals surface area contributed by atoms with Gasteiger partial charge in [0.05, 0.1) is 34.9 Å². The molecule has 8 rings (SSSR count). The molecule has 53 heavy (non-hydrogen) atoms. The lowest BCUT2D eigenvalue weighted by Gasteiger charge is -2.61. The van der Waals surface area contributed by atoms with Gasteiger partial charge in [-0.05, 0) is 136 Å². The van der Waals surface area contributed by atoms with Gasteiger partial charge in [-0.3, -0.25) is 9.59 Å². The molecule has 2 aliphatic heterocycles. The Bertz CT molecular complexity index is 1660. The highest BCUT2D eigenvalue weighted by atomic mass is 16.6. The number of aryl methyl sites for hydroxylation is 1. The number of anilines is 1. The molecule has 1 spiro atoms. The third-order valence-electron chi connectivity index (χ3n) is 16.7. The van der Waals surface area contributed by atoms with Crippen LogP contribution in [0.5, 0.6) is 5.75 Å². The predicted octanol–water partition coefficient (Wildman–Crippen LogP) is 6.01. The first-order valence-electron chi connectivity index (χ1n) is 20.8. The van der Waals surface area contributed by atoms with Crippen LogP contribution in [0.4, 0.5) is 5.69 Å². The number of amides is 1. The van der Waals surface area contributed by atoms with Crippen LogP contribution in [0.25, 0.3) is 0 Å². The van der Waals surface area contributed by atoms with Crippen molar-refractivity contribution in [3.63, 3.8) is 0 Å². The van der Waals surface area contributed by atoms with Gasteiger partial charge in [0.25, 0.3) is 0 Å². The fourth-order valence-corrected chi connectivity index (χ4v) is 13.2. The van der Waals surface area contributed by atoms with Gasteiger partial charge in [-0.25, -0.2) is 0 Å². The molecule has 0 bridgehead atoms. The number of phenols is 1. The highest BCUT2D eigenvalue weighted by Gasteiger charge is 2.72. The van der Waals surface area contributed by atoms with Crippen molar-refractivity contribution in [1.29, 1.82) is 0 Å². The minimum atomic E-state index is -1.37. The van der Waals surface area contributed by atoms with E-state index < -0.39 is 40.2 Å². The Morgan fingerprint density at radius 2 is 1.70 bits per heavy atom. The number of nitrogens with zero attached hydrogens (tertiary/aromatic N) is 1. The number of hydrogen-bond donors (Lipinski definition) is 5. The average molecular weight is 734 g/mol. The van der Waals surface area contributed by atoms with Crippen LogP contribution in [0.3, 0.4) is 0 Å². The first-order valence-corrected chi connectivity index (χ1v) is 20.8. The second kappa shape index (κ2) is 12.9. The van der Waals surface area contributed by atoms with Crippen molar-refractivity contribution < 1.29 is 39.9 Å². The lowest BCUT2D eigenvalue weighted by Crippen LogP contribution is -2.63. The number of epoxide rings is 1. The van der Waals surface area contributed by atoms with Gasteiger partial charge in [0.2, 0.25) is 5.91 Å². The summed E-state index contributed by atoms with van der Waals surface area (Å²) in [5.74, 6) is -0.0515. The maximum absolute atomic E-state index is 14.0. The molecule has 292 valence electrons. The topological polar surface area (TPSA) is 151 Å². The summed E-state index contributed by atoms with van der Waals surface area (Å²) >= 11 is 0. The second-order valence-corrected chi connectivity index (χ2v) is 19.6. The summed E-state index contributed by atoms with van der Waals surface area (Å²) < 4.78 is 6.29. The third kappa shape index (κ3) is 5.63. The molecule has 5 aliphatic carbocycles. The maximum atomic E-state index is 14.0. The Labute approximate surface area is 315 Å². The molecular formula is C44H63NO8. The zero-order valence-electron chi connectivity index (χ0n) is 32.5. The fourth-order valence-electron chi connectivity index (χ4n) is 13.2. The quantitative estimate of drug-likeness (QED) is 0.204. The SMILES string of the molecule is CC(C)[C@@H](C)[C@@H]1O[C@H]1[C@](C)(O)[C@H]1CC[C@@]2(O)C3=CC(=O)[C@@H]4C[C@@H](O)[C@@H](O)C[C@]4(C)[C@H]3CC[C@]12CCc1cc(O)cc(N2CCC3(CCCCC3)C2=O)c1. The number of aromatic hydroxyl groups is 1. The molecule has 6 fully saturated rings. The van der Waals surface area contributed by atoms with Gasteiger partial charge in [0.1, 0.15) is 11.9 Å². The summed E-state index contributed by atoms with van der Waals surface area (Å²) in [6.45, 7) is 11.1. The number of aliphatic hydroxyl groups is 4. The molecule has 4 saturated carbocycles. The summed E-state index contributed by atoms with van der Waals surface area (Å²) in [5.41, 5.74) is -1.97. The van der Waals surface area contributed by atoms with E-state index in [2.05, 4.69) is 27.7 Å². The van der Waals surface area contributed by atoms with Crippen molar-refractivity contribution >= 4 is 17.4 Å². The number of benzene rings is 1. The summed E-state index contributed by atoms with van der Waals surface area (Å²) in [4.78, 5) is 29.7. The number of carbonyl (C=O) groups excluding carboxylic acids is 2. The van der Waals surface area contributed by atoms with E-state index in [4.69, 9.17) is 4.74 Å². The van der Waals surface area contributed by atoms with E-state index in [1.165, 1.54) is 6.42 Å². The fraction of sp³-hybridized carbons (Fsp3) is 0.773. The number of phenolic OH excluding ortho intramolecular Hbond substituents is 1. The van der Waals surface area contributed by atoms with Gasteiger partial charge < -0.3 is 35.2 Å². The van der Waals surface area contributed by atoms with E-state index in [0.717, 1.165) is 43.2 Å². The Morgan fingerprint density at radius 1 is 0.962 bits per heavy atom. The van der Waals surface area contributed by atoms with Crippen LogP contribution in [-0.4, -0.2) is 79.4 Å². The molecule has 1 aromatic carbocycles. The number of fused-ring (bicyclic) bond motifs is 5. The van der Waals surface area contributed by atoms with Gasteiger partial charge in [-0.2, -0.15) is 0 Å². The van der Waals surface area contributed by atoms with Crippen LogP contribution in [0.2, 0.25) is 0 Å². The summed E-state index contributed by atoms with van der Waals surface area (Å²) in [5, 5.41) is 58.5. The van der Waals surface area contributed by atoms with Crippen molar-refractivity contribution in [3.05, 3.63) is 35.4 Å². The minimum absolute atomic E-state index is 0.0727. The molecule has 1 aromatic rings. The van der Waals surface area contributed by atoms with Crippen molar-refractivity contribution in [2.45, 2.75) is 160 Å². The largest absolute Gasteiger partial charge is 0.508 e. The van der Waals surface area contributed by atoms with E-state index in [0.29, 0.717) is 63.1 Å². The van der Waals surface area contributed by atoms with Crippen LogP contribution < -0.4 is 4.90 Å². The molecule has 0 unspecified atom stereocenters. The Balaban J connectivity index is 1.14. The number of aliphatic hydroxyl groups excluding tert-OH is 2. The molecule has 0 aromatic heterocycles. The average Bonchev–Trinajstić information content (AvgIpc) is 3.78. The van der Waals surface area contributed by atoms with E-state index in [1.807, 2.05) is 17.9 Å². The highest BCUT2D eigenvalue weighted by molar-refractivity contribution is 6.00. The van der Waals surface area contributed by atoms with Crippen LogP contribution in [0, 0.1) is 45.8 Å². The van der Waals surface area contributed by atoms with Crippen molar-refractivity contribution in [3.8, 4) is 5.75 Å². The molecule has 2 saturated heterocycles. The summed E-state index contributed by atoms with van der Waals surface area (Å²) in [6.07, 6.45) is 9.23. The molecule has 1 amide bonds. The Hall–Kier alpha value is -2.30. The zero-order chi connectivity index (χ0) is 37.9. The van der Waals surface area contributed by atoms with Gasteiger partial charge in [-0.15, -0.1) is 0 Å². The van der Waals surface area contributed by atoms with Gasteiger partial charge in [0, 0.05) is 29.6 Å². The minimum Gasteiger partial charge on any atom is -0.508 e. The summed E-state index contributed by atoms with van der Waals surface area (Å²) in [6, 6.07) is 5.48. The molecule has 0 radical (unpaired) electrons. The predicted molar refractivity (Wildman–Crippen MR) is 201 cm³/mol. The lowest BCUT2D eigenvalue weighted by molar-refractivity contribution is -0.168. The van der Waals surface area contributed by atoms with Crippen LogP contribution in [0.15, 0.2) is 29.8 Å². The third-order valence-corrected chi connectivity index (χ3v) is 16.7.